The van der Waals surface area contributed by atoms with Gasteiger partial charge in [-0.15, -0.1) is 0 Å². The maximum atomic E-state index is 13.4. The normalized spacial score (nSPS) is 12.4. The monoisotopic (exact) mass is 271 g/mol. The van der Waals surface area contributed by atoms with Crippen molar-refractivity contribution in [3.05, 3.63) is 58.9 Å². The second-order valence-electron chi connectivity index (χ2n) is 5.32. The van der Waals surface area contributed by atoms with Crippen molar-refractivity contribution in [2.75, 3.05) is 6.54 Å². The minimum absolute atomic E-state index is 0.166. The average molecular weight is 271 g/mol. The van der Waals surface area contributed by atoms with E-state index in [2.05, 4.69) is 43.4 Å². The Bertz CT molecular complexity index is 581. The molecule has 2 heteroatoms. The minimum atomic E-state index is -0.166. The summed E-state index contributed by atoms with van der Waals surface area (Å²) in [5.74, 6) is -0.166. The molecule has 0 radical (unpaired) electrons. The molecule has 0 amide bonds. The van der Waals surface area contributed by atoms with Gasteiger partial charge in [0.1, 0.15) is 5.82 Å². The Morgan fingerprint density at radius 2 is 1.75 bits per heavy atom. The molecule has 2 rings (SSSR count). The number of rotatable bonds is 4. The predicted molar refractivity (Wildman–Crippen MR) is 83.4 cm³/mol. The first-order chi connectivity index (χ1) is 9.52. The molecule has 0 bridgehead atoms. The number of benzene rings is 2. The molecule has 0 aliphatic heterocycles. The third kappa shape index (κ3) is 3.07. The summed E-state index contributed by atoms with van der Waals surface area (Å²) in [6, 6.07) is 12.0. The highest BCUT2D eigenvalue weighted by molar-refractivity contribution is 5.71. The lowest BCUT2D eigenvalue weighted by molar-refractivity contribution is 0.598. The Morgan fingerprint density at radius 1 is 1.10 bits per heavy atom. The van der Waals surface area contributed by atoms with Crippen molar-refractivity contribution in [2.45, 2.75) is 33.7 Å². The van der Waals surface area contributed by atoms with E-state index in [1.165, 1.54) is 5.56 Å². The standard InChI is InChI=1S/C18H22FN/c1-5-20-14(4)15-7-6-8-16(11-15)18-12(2)9-17(19)10-13(18)3/h6-11,14,20H,5H2,1-4H3. The van der Waals surface area contributed by atoms with E-state index in [0.717, 1.165) is 28.8 Å². The minimum Gasteiger partial charge on any atom is -0.310 e. The summed E-state index contributed by atoms with van der Waals surface area (Å²) < 4.78 is 13.4. The van der Waals surface area contributed by atoms with Gasteiger partial charge in [-0.1, -0.05) is 25.1 Å². The maximum absolute atomic E-state index is 13.4. The van der Waals surface area contributed by atoms with Crippen LogP contribution in [0.2, 0.25) is 0 Å². The van der Waals surface area contributed by atoms with E-state index in [0.29, 0.717) is 6.04 Å². The second-order valence-corrected chi connectivity index (χ2v) is 5.32. The quantitative estimate of drug-likeness (QED) is 0.843. The zero-order valence-electron chi connectivity index (χ0n) is 12.6. The van der Waals surface area contributed by atoms with Crippen molar-refractivity contribution in [3.8, 4) is 11.1 Å². The van der Waals surface area contributed by atoms with Gasteiger partial charge in [-0.25, -0.2) is 4.39 Å². The fourth-order valence-electron chi connectivity index (χ4n) is 2.75. The first kappa shape index (κ1) is 14.7. The van der Waals surface area contributed by atoms with E-state index < -0.39 is 0 Å². The van der Waals surface area contributed by atoms with Gasteiger partial charge in [0, 0.05) is 6.04 Å². The van der Waals surface area contributed by atoms with E-state index in [1.54, 1.807) is 12.1 Å². The molecular formula is C18H22FN. The van der Waals surface area contributed by atoms with Gasteiger partial charge in [-0.2, -0.15) is 0 Å². The summed E-state index contributed by atoms with van der Waals surface area (Å²) in [5.41, 5.74) is 5.51. The van der Waals surface area contributed by atoms with Gasteiger partial charge in [-0.05, 0) is 73.3 Å². The van der Waals surface area contributed by atoms with Crippen LogP contribution in [0.4, 0.5) is 4.39 Å². The van der Waals surface area contributed by atoms with Gasteiger partial charge in [-0.3, -0.25) is 0 Å². The second kappa shape index (κ2) is 6.19. The molecule has 2 aromatic rings. The van der Waals surface area contributed by atoms with Crippen molar-refractivity contribution >= 4 is 0 Å². The molecule has 0 aliphatic carbocycles. The summed E-state index contributed by atoms with van der Waals surface area (Å²) >= 11 is 0. The first-order valence-electron chi connectivity index (χ1n) is 7.13. The predicted octanol–water partition coefficient (Wildman–Crippen LogP) is 4.78. The Labute approximate surface area is 120 Å². The summed E-state index contributed by atoms with van der Waals surface area (Å²) in [7, 11) is 0. The van der Waals surface area contributed by atoms with Gasteiger partial charge >= 0.3 is 0 Å². The van der Waals surface area contributed by atoms with Crippen LogP contribution in [-0.2, 0) is 0 Å². The van der Waals surface area contributed by atoms with Crippen molar-refractivity contribution < 1.29 is 4.39 Å². The molecule has 0 heterocycles. The number of nitrogens with one attached hydrogen (secondary N) is 1. The van der Waals surface area contributed by atoms with Crippen LogP contribution in [0.25, 0.3) is 11.1 Å². The van der Waals surface area contributed by atoms with Gasteiger partial charge in [0.05, 0.1) is 0 Å². The lowest BCUT2D eigenvalue weighted by Crippen LogP contribution is -2.17. The highest BCUT2D eigenvalue weighted by Gasteiger charge is 2.10. The zero-order chi connectivity index (χ0) is 14.7. The Morgan fingerprint density at radius 3 is 2.35 bits per heavy atom. The SMILES string of the molecule is CCNC(C)c1cccc(-c2c(C)cc(F)cc2C)c1. The molecule has 0 aromatic heterocycles. The van der Waals surface area contributed by atoms with Crippen LogP contribution in [-0.4, -0.2) is 6.54 Å². The molecule has 1 unspecified atom stereocenters. The van der Waals surface area contributed by atoms with E-state index >= 15 is 0 Å². The Hall–Kier alpha value is -1.67. The lowest BCUT2D eigenvalue weighted by Gasteiger charge is -2.16. The van der Waals surface area contributed by atoms with Crippen LogP contribution >= 0.6 is 0 Å². The molecule has 0 saturated heterocycles. The van der Waals surface area contributed by atoms with Gasteiger partial charge in [0.25, 0.3) is 0 Å². The van der Waals surface area contributed by atoms with Crippen LogP contribution in [0.3, 0.4) is 0 Å². The summed E-state index contributed by atoms with van der Waals surface area (Å²) in [6.45, 7) is 9.14. The molecule has 0 aliphatic rings. The fraction of sp³-hybridized carbons (Fsp3) is 0.333. The van der Waals surface area contributed by atoms with E-state index in [4.69, 9.17) is 0 Å². The molecular weight excluding hydrogens is 249 g/mol. The molecule has 106 valence electrons. The van der Waals surface area contributed by atoms with E-state index in [-0.39, 0.29) is 5.82 Å². The number of hydrogen-bond acceptors (Lipinski definition) is 1. The zero-order valence-corrected chi connectivity index (χ0v) is 12.6. The molecule has 20 heavy (non-hydrogen) atoms. The van der Waals surface area contributed by atoms with Crippen molar-refractivity contribution in [2.24, 2.45) is 0 Å². The van der Waals surface area contributed by atoms with Gasteiger partial charge in [0.2, 0.25) is 0 Å². The van der Waals surface area contributed by atoms with Crippen LogP contribution in [0, 0.1) is 19.7 Å². The van der Waals surface area contributed by atoms with Crippen LogP contribution in [0.15, 0.2) is 36.4 Å². The molecule has 0 spiro atoms. The maximum Gasteiger partial charge on any atom is 0.123 e. The summed E-state index contributed by atoms with van der Waals surface area (Å²) in [6.07, 6.45) is 0. The summed E-state index contributed by atoms with van der Waals surface area (Å²) in [4.78, 5) is 0. The van der Waals surface area contributed by atoms with Crippen LogP contribution in [0.5, 0.6) is 0 Å². The molecule has 1 nitrogen and oxygen atoms in total. The third-order valence-electron chi connectivity index (χ3n) is 3.68. The van der Waals surface area contributed by atoms with Crippen molar-refractivity contribution in [1.82, 2.24) is 5.32 Å². The number of aryl methyl sites for hydroxylation is 2. The average Bonchev–Trinajstić information content (AvgIpc) is 2.38. The number of hydrogen-bond donors (Lipinski definition) is 1. The summed E-state index contributed by atoms with van der Waals surface area (Å²) in [5, 5.41) is 3.42. The van der Waals surface area contributed by atoms with E-state index in [1.807, 2.05) is 13.8 Å². The van der Waals surface area contributed by atoms with Crippen molar-refractivity contribution in [1.29, 1.82) is 0 Å². The molecule has 1 N–H and O–H groups in total. The van der Waals surface area contributed by atoms with Gasteiger partial charge in [0.15, 0.2) is 0 Å². The smallest absolute Gasteiger partial charge is 0.123 e. The number of halogens is 1. The van der Waals surface area contributed by atoms with E-state index in [9.17, 15) is 4.39 Å². The largest absolute Gasteiger partial charge is 0.310 e. The van der Waals surface area contributed by atoms with Crippen LogP contribution in [0.1, 0.15) is 36.6 Å². The third-order valence-corrected chi connectivity index (χ3v) is 3.68. The highest BCUT2D eigenvalue weighted by Crippen LogP contribution is 2.29. The topological polar surface area (TPSA) is 12.0 Å². The molecule has 0 fully saturated rings. The molecule has 0 saturated carbocycles. The lowest BCUT2D eigenvalue weighted by atomic mass is 9.93. The Balaban J connectivity index is 2.46. The highest BCUT2D eigenvalue weighted by atomic mass is 19.1. The molecule has 1 atom stereocenters. The molecule has 2 aromatic carbocycles. The first-order valence-corrected chi connectivity index (χ1v) is 7.13. The van der Waals surface area contributed by atoms with Crippen LogP contribution < -0.4 is 5.32 Å². The Kier molecular flexibility index (Phi) is 4.56. The fourth-order valence-corrected chi connectivity index (χ4v) is 2.75. The van der Waals surface area contributed by atoms with Gasteiger partial charge < -0.3 is 5.32 Å². The van der Waals surface area contributed by atoms with Crippen molar-refractivity contribution in [3.63, 3.8) is 0 Å².